The van der Waals surface area contributed by atoms with Gasteiger partial charge in [0.2, 0.25) is 0 Å². The molecule has 6 heteroatoms. The third-order valence-corrected chi connectivity index (χ3v) is 3.13. The lowest BCUT2D eigenvalue weighted by Crippen LogP contribution is -2.59. The molecule has 1 heterocycles. The number of ether oxygens (including phenoxy) is 2. The molecule has 6 nitrogen and oxygen atoms in total. The van der Waals surface area contributed by atoms with Gasteiger partial charge in [0.15, 0.2) is 6.29 Å². The molecule has 1 saturated heterocycles. The van der Waals surface area contributed by atoms with Crippen LogP contribution in [0.25, 0.3) is 0 Å². The number of hydrogen-bond donors (Lipinski definition) is 4. The van der Waals surface area contributed by atoms with Gasteiger partial charge in [-0.2, -0.15) is 0 Å². The van der Waals surface area contributed by atoms with E-state index in [2.05, 4.69) is 6.92 Å². The van der Waals surface area contributed by atoms with Crippen LogP contribution in [0.15, 0.2) is 0 Å². The van der Waals surface area contributed by atoms with Crippen LogP contribution in [0.1, 0.15) is 32.6 Å². The molecular weight excluding hydrogens is 240 g/mol. The molecule has 0 bridgehead atoms. The van der Waals surface area contributed by atoms with Crippen LogP contribution >= 0.6 is 0 Å². The first-order valence-corrected chi connectivity index (χ1v) is 6.54. The van der Waals surface area contributed by atoms with Crippen molar-refractivity contribution in [2.75, 3.05) is 13.2 Å². The highest BCUT2D eigenvalue weighted by Crippen LogP contribution is 2.22. The zero-order valence-corrected chi connectivity index (χ0v) is 10.7. The molecule has 4 N–H and O–H groups in total. The highest BCUT2D eigenvalue weighted by Gasteiger charge is 2.43. The van der Waals surface area contributed by atoms with Crippen LogP contribution in [-0.4, -0.2) is 64.3 Å². The SMILES string of the molecule is CCCCCCO[C@H]1O[C@H](CO)[C@@H](O)[C@@H](O)[C@H]1O. The fourth-order valence-corrected chi connectivity index (χ4v) is 1.93. The molecule has 0 unspecified atom stereocenters. The number of aliphatic hydroxyl groups is 4. The second-order valence-corrected chi connectivity index (χ2v) is 4.63. The summed E-state index contributed by atoms with van der Waals surface area (Å²) in [7, 11) is 0. The van der Waals surface area contributed by atoms with Gasteiger partial charge < -0.3 is 29.9 Å². The number of aliphatic hydroxyl groups excluding tert-OH is 4. The van der Waals surface area contributed by atoms with Gasteiger partial charge in [-0.3, -0.25) is 0 Å². The minimum Gasteiger partial charge on any atom is -0.394 e. The van der Waals surface area contributed by atoms with Crippen molar-refractivity contribution in [2.45, 2.75) is 63.3 Å². The van der Waals surface area contributed by atoms with E-state index in [1.54, 1.807) is 0 Å². The van der Waals surface area contributed by atoms with Crippen molar-refractivity contribution in [2.24, 2.45) is 0 Å². The summed E-state index contributed by atoms with van der Waals surface area (Å²) in [6.45, 7) is 2.10. The molecular formula is C12H24O6. The third kappa shape index (κ3) is 4.15. The lowest BCUT2D eigenvalue weighted by Gasteiger charge is -2.39. The first kappa shape index (κ1) is 15.8. The average molecular weight is 264 g/mol. The zero-order valence-electron chi connectivity index (χ0n) is 10.7. The Labute approximate surface area is 107 Å². The second-order valence-electron chi connectivity index (χ2n) is 4.63. The van der Waals surface area contributed by atoms with Crippen LogP contribution in [0.3, 0.4) is 0 Å². The lowest BCUT2D eigenvalue weighted by molar-refractivity contribution is -0.301. The van der Waals surface area contributed by atoms with Crippen molar-refractivity contribution in [3.63, 3.8) is 0 Å². The smallest absolute Gasteiger partial charge is 0.186 e. The topological polar surface area (TPSA) is 99.4 Å². The Morgan fingerprint density at radius 3 is 2.33 bits per heavy atom. The summed E-state index contributed by atoms with van der Waals surface area (Å²) in [5.74, 6) is 0. The van der Waals surface area contributed by atoms with Gasteiger partial charge in [-0.1, -0.05) is 26.2 Å². The van der Waals surface area contributed by atoms with Crippen molar-refractivity contribution >= 4 is 0 Å². The fraction of sp³-hybridized carbons (Fsp3) is 1.00. The van der Waals surface area contributed by atoms with E-state index < -0.39 is 37.3 Å². The van der Waals surface area contributed by atoms with E-state index >= 15 is 0 Å². The lowest BCUT2D eigenvalue weighted by atomic mass is 9.99. The molecule has 0 aliphatic carbocycles. The molecule has 0 spiro atoms. The van der Waals surface area contributed by atoms with Gasteiger partial charge >= 0.3 is 0 Å². The van der Waals surface area contributed by atoms with Gasteiger partial charge in [0.25, 0.3) is 0 Å². The molecule has 0 radical (unpaired) electrons. The van der Waals surface area contributed by atoms with Gasteiger partial charge in [-0.05, 0) is 6.42 Å². The number of hydrogen-bond acceptors (Lipinski definition) is 6. The minimum atomic E-state index is -1.36. The molecule has 0 saturated carbocycles. The van der Waals surface area contributed by atoms with Crippen molar-refractivity contribution in [3.05, 3.63) is 0 Å². The first-order chi connectivity index (χ1) is 8.61. The summed E-state index contributed by atoms with van der Waals surface area (Å²) < 4.78 is 10.5. The Morgan fingerprint density at radius 1 is 1.00 bits per heavy atom. The molecule has 1 aliphatic rings. The van der Waals surface area contributed by atoms with Gasteiger partial charge in [0, 0.05) is 6.61 Å². The Balaban J connectivity index is 2.35. The molecule has 108 valence electrons. The maximum Gasteiger partial charge on any atom is 0.186 e. The van der Waals surface area contributed by atoms with Crippen molar-refractivity contribution in [3.8, 4) is 0 Å². The Bertz CT molecular complexity index is 223. The number of rotatable bonds is 7. The summed E-state index contributed by atoms with van der Waals surface area (Å²) in [4.78, 5) is 0. The molecule has 1 aliphatic heterocycles. The Morgan fingerprint density at radius 2 is 1.72 bits per heavy atom. The maximum atomic E-state index is 9.68. The average Bonchev–Trinajstić information content (AvgIpc) is 2.38. The quantitative estimate of drug-likeness (QED) is 0.458. The van der Waals surface area contributed by atoms with E-state index in [-0.39, 0.29) is 0 Å². The standard InChI is InChI=1S/C12H24O6/c1-2-3-4-5-6-17-12-11(16)10(15)9(14)8(7-13)18-12/h8-16H,2-7H2,1H3/t8-,9-,10-,11-,12+/m1/s1. The van der Waals surface area contributed by atoms with Gasteiger partial charge in [0.05, 0.1) is 6.61 Å². The predicted molar refractivity (Wildman–Crippen MR) is 63.9 cm³/mol. The predicted octanol–water partition coefficient (Wildman–Crippen LogP) is -0.617. The largest absolute Gasteiger partial charge is 0.394 e. The molecule has 18 heavy (non-hydrogen) atoms. The Hall–Kier alpha value is -0.240. The summed E-state index contributed by atoms with van der Waals surface area (Å²) in [6.07, 6.45) is -1.75. The van der Waals surface area contributed by atoms with Gasteiger partial charge in [-0.15, -0.1) is 0 Å². The zero-order chi connectivity index (χ0) is 13.5. The summed E-state index contributed by atoms with van der Waals surface area (Å²) in [5, 5.41) is 37.8. The van der Waals surface area contributed by atoms with E-state index in [9.17, 15) is 15.3 Å². The summed E-state index contributed by atoms with van der Waals surface area (Å²) in [5.41, 5.74) is 0. The normalized spacial score (nSPS) is 36.8. The van der Waals surface area contributed by atoms with Crippen LogP contribution in [0.5, 0.6) is 0 Å². The van der Waals surface area contributed by atoms with Crippen LogP contribution in [0, 0.1) is 0 Å². The van der Waals surface area contributed by atoms with Gasteiger partial charge in [0.1, 0.15) is 24.4 Å². The minimum absolute atomic E-state index is 0.419. The van der Waals surface area contributed by atoms with Crippen molar-refractivity contribution in [1.82, 2.24) is 0 Å². The van der Waals surface area contributed by atoms with E-state index in [1.165, 1.54) is 0 Å². The van der Waals surface area contributed by atoms with Gasteiger partial charge in [-0.25, -0.2) is 0 Å². The fourth-order valence-electron chi connectivity index (χ4n) is 1.93. The number of unbranched alkanes of at least 4 members (excludes halogenated alkanes) is 3. The molecule has 0 aromatic carbocycles. The van der Waals surface area contributed by atoms with E-state index in [0.717, 1.165) is 25.7 Å². The van der Waals surface area contributed by atoms with Crippen LogP contribution in [-0.2, 0) is 9.47 Å². The summed E-state index contributed by atoms with van der Waals surface area (Å²) >= 11 is 0. The van der Waals surface area contributed by atoms with E-state index in [1.807, 2.05) is 0 Å². The van der Waals surface area contributed by atoms with Crippen LogP contribution < -0.4 is 0 Å². The Kier molecular flexibility index (Phi) is 7.06. The second kappa shape index (κ2) is 8.04. The monoisotopic (exact) mass is 264 g/mol. The highest BCUT2D eigenvalue weighted by atomic mass is 16.7. The van der Waals surface area contributed by atoms with Crippen LogP contribution in [0.2, 0.25) is 0 Å². The van der Waals surface area contributed by atoms with Crippen molar-refractivity contribution in [1.29, 1.82) is 0 Å². The third-order valence-electron chi connectivity index (χ3n) is 3.13. The van der Waals surface area contributed by atoms with E-state index in [0.29, 0.717) is 6.61 Å². The molecule has 1 rings (SSSR count). The molecule has 5 atom stereocenters. The maximum absolute atomic E-state index is 9.68. The van der Waals surface area contributed by atoms with Crippen LogP contribution in [0.4, 0.5) is 0 Å². The molecule has 1 fully saturated rings. The van der Waals surface area contributed by atoms with Crippen molar-refractivity contribution < 1.29 is 29.9 Å². The molecule has 0 aromatic rings. The highest BCUT2D eigenvalue weighted by molar-refractivity contribution is 4.88. The van der Waals surface area contributed by atoms with E-state index in [4.69, 9.17) is 14.6 Å². The molecule has 0 amide bonds. The first-order valence-electron chi connectivity index (χ1n) is 6.54. The summed E-state index contributed by atoms with van der Waals surface area (Å²) in [6, 6.07) is 0. The molecule has 0 aromatic heterocycles.